The Balaban J connectivity index is 2.29. The second-order valence-electron chi connectivity index (χ2n) is 5.15. The first-order valence-corrected chi connectivity index (χ1v) is 6.60. The summed E-state index contributed by atoms with van der Waals surface area (Å²) in [7, 11) is 2.27. The van der Waals surface area contributed by atoms with Crippen molar-refractivity contribution in [3.63, 3.8) is 0 Å². The van der Waals surface area contributed by atoms with Crippen LogP contribution in [0, 0.1) is 0 Å². The van der Waals surface area contributed by atoms with Crippen LogP contribution < -0.4 is 5.32 Å². The lowest BCUT2D eigenvalue weighted by Crippen LogP contribution is -2.43. The van der Waals surface area contributed by atoms with Gasteiger partial charge < -0.3 is 10.2 Å². The van der Waals surface area contributed by atoms with E-state index in [1.54, 1.807) is 0 Å². The van der Waals surface area contributed by atoms with E-state index in [0.29, 0.717) is 12.1 Å². The van der Waals surface area contributed by atoms with Crippen LogP contribution in [0.5, 0.6) is 0 Å². The molecule has 1 N–H and O–H groups in total. The smallest absolute Gasteiger partial charge is 0.00818 e. The Kier molecular flexibility index (Phi) is 5.62. The predicted octanol–water partition coefficient (Wildman–Crippen LogP) is 2.64. The molecule has 1 aliphatic rings. The lowest BCUT2D eigenvalue weighted by molar-refractivity contribution is 0.166. The lowest BCUT2D eigenvalue weighted by atomic mass is 9.97. The maximum absolute atomic E-state index is 3.64. The summed E-state index contributed by atoms with van der Waals surface area (Å²) in [5, 5.41) is 3.64. The lowest BCUT2D eigenvalue weighted by Gasteiger charge is -2.34. The Hall–Kier alpha value is -0.0800. The average Bonchev–Trinajstić information content (AvgIpc) is 2.28. The van der Waals surface area contributed by atoms with E-state index in [-0.39, 0.29) is 0 Å². The number of nitrogens with one attached hydrogen (secondary N) is 1. The van der Waals surface area contributed by atoms with Crippen molar-refractivity contribution in [2.45, 2.75) is 71.0 Å². The summed E-state index contributed by atoms with van der Waals surface area (Å²) >= 11 is 0. The largest absolute Gasteiger partial charge is 0.314 e. The zero-order chi connectivity index (χ0) is 11.3. The van der Waals surface area contributed by atoms with Gasteiger partial charge in [0, 0.05) is 18.1 Å². The summed E-state index contributed by atoms with van der Waals surface area (Å²) in [6.07, 6.45) is 6.71. The van der Waals surface area contributed by atoms with Crippen molar-refractivity contribution < 1.29 is 0 Å². The van der Waals surface area contributed by atoms with Crippen LogP contribution in [0.25, 0.3) is 0 Å². The van der Waals surface area contributed by atoms with Crippen LogP contribution in [0.4, 0.5) is 0 Å². The van der Waals surface area contributed by atoms with Crippen molar-refractivity contribution in [3.05, 3.63) is 0 Å². The Morgan fingerprint density at radius 1 is 1.27 bits per heavy atom. The second-order valence-corrected chi connectivity index (χ2v) is 5.15. The SMILES string of the molecule is CCC(C)N(C)C(C)CC1CCCCN1. The van der Waals surface area contributed by atoms with Crippen LogP contribution in [0.15, 0.2) is 0 Å². The summed E-state index contributed by atoms with van der Waals surface area (Å²) in [6, 6.07) is 2.18. The standard InChI is InChI=1S/C13H28N2/c1-5-11(2)15(4)12(3)10-13-8-6-7-9-14-13/h11-14H,5-10H2,1-4H3. The van der Waals surface area contributed by atoms with Gasteiger partial charge in [-0.1, -0.05) is 13.3 Å². The molecule has 0 amide bonds. The first kappa shape index (κ1) is 13.0. The van der Waals surface area contributed by atoms with Gasteiger partial charge in [0.25, 0.3) is 0 Å². The van der Waals surface area contributed by atoms with E-state index in [4.69, 9.17) is 0 Å². The van der Waals surface area contributed by atoms with Gasteiger partial charge in [0.15, 0.2) is 0 Å². The Morgan fingerprint density at radius 2 is 2.00 bits per heavy atom. The summed E-state index contributed by atoms with van der Waals surface area (Å²) in [5.41, 5.74) is 0. The van der Waals surface area contributed by atoms with Gasteiger partial charge in [0.2, 0.25) is 0 Å². The maximum Gasteiger partial charge on any atom is 0.00818 e. The molecule has 1 fully saturated rings. The molecule has 3 unspecified atom stereocenters. The molecule has 2 nitrogen and oxygen atoms in total. The van der Waals surface area contributed by atoms with Crippen LogP contribution in [0.2, 0.25) is 0 Å². The predicted molar refractivity (Wildman–Crippen MR) is 67.2 cm³/mol. The van der Waals surface area contributed by atoms with Gasteiger partial charge in [-0.3, -0.25) is 0 Å². The molecule has 1 heterocycles. The molecule has 0 aromatic rings. The number of piperidine rings is 1. The molecule has 2 heteroatoms. The van der Waals surface area contributed by atoms with Gasteiger partial charge in [-0.15, -0.1) is 0 Å². The summed E-state index contributed by atoms with van der Waals surface area (Å²) in [4.78, 5) is 2.52. The van der Waals surface area contributed by atoms with Crippen molar-refractivity contribution in [2.24, 2.45) is 0 Å². The van der Waals surface area contributed by atoms with E-state index in [1.165, 1.54) is 38.6 Å². The minimum absolute atomic E-state index is 0.704. The Bertz CT molecular complexity index is 164. The van der Waals surface area contributed by atoms with Crippen molar-refractivity contribution in [1.29, 1.82) is 0 Å². The topological polar surface area (TPSA) is 15.3 Å². The van der Waals surface area contributed by atoms with E-state index in [2.05, 4.69) is 38.0 Å². The Labute approximate surface area is 95.4 Å². The molecule has 3 atom stereocenters. The highest BCUT2D eigenvalue weighted by Crippen LogP contribution is 2.16. The summed E-state index contributed by atoms with van der Waals surface area (Å²) < 4.78 is 0. The highest BCUT2D eigenvalue weighted by molar-refractivity contribution is 4.79. The molecular formula is C13H28N2. The van der Waals surface area contributed by atoms with E-state index in [1.807, 2.05) is 0 Å². The van der Waals surface area contributed by atoms with Crippen molar-refractivity contribution >= 4 is 0 Å². The quantitative estimate of drug-likeness (QED) is 0.753. The summed E-state index contributed by atoms with van der Waals surface area (Å²) in [6.45, 7) is 8.18. The van der Waals surface area contributed by atoms with Gasteiger partial charge >= 0.3 is 0 Å². The molecule has 0 saturated carbocycles. The van der Waals surface area contributed by atoms with Crippen LogP contribution in [-0.4, -0.2) is 36.6 Å². The van der Waals surface area contributed by atoms with Crippen molar-refractivity contribution in [3.8, 4) is 0 Å². The molecule has 0 radical (unpaired) electrons. The first-order chi connectivity index (χ1) is 7.15. The minimum atomic E-state index is 0.704. The molecule has 0 aliphatic carbocycles. The number of hydrogen-bond donors (Lipinski definition) is 1. The third-order valence-electron chi connectivity index (χ3n) is 4.02. The van der Waals surface area contributed by atoms with Gasteiger partial charge in [-0.05, 0) is 53.1 Å². The molecular weight excluding hydrogens is 184 g/mol. The van der Waals surface area contributed by atoms with Crippen LogP contribution >= 0.6 is 0 Å². The molecule has 1 aliphatic heterocycles. The zero-order valence-electron chi connectivity index (χ0n) is 10.9. The zero-order valence-corrected chi connectivity index (χ0v) is 10.9. The Morgan fingerprint density at radius 3 is 2.53 bits per heavy atom. The van der Waals surface area contributed by atoms with Crippen LogP contribution in [0.1, 0.15) is 52.9 Å². The average molecular weight is 212 g/mol. The van der Waals surface area contributed by atoms with Gasteiger partial charge in [0.1, 0.15) is 0 Å². The fraction of sp³-hybridized carbons (Fsp3) is 1.00. The van der Waals surface area contributed by atoms with E-state index in [9.17, 15) is 0 Å². The molecule has 0 aromatic carbocycles. The molecule has 1 rings (SSSR count). The fourth-order valence-electron chi connectivity index (χ4n) is 2.43. The fourth-order valence-corrected chi connectivity index (χ4v) is 2.43. The van der Waals surface area contributed by atoms with E-state index >= 15 is 0 Å². The molecule has 90 valence electrons. The third kappa shape index (κ3) is 4.12. The monoisotopic (exact) mass is 212 g/mol. The highest BCUT2D eigenvalue weighted by atomic mass is 15.2. The molecule has 15 heavy (non-hydrogen) atoms. The minimum Gasteiger partial charge on any atom is -0.314 e. The molecule has 0 bridgehead atoms. The second kappa shape index (κ2) is 6.49. The summed E-state index contributed by atoms with van der Waals surface area (Å²) in [5.74, 6) is 0. The molecule has 0 spiro atoms. The van der Waals surface area contributed by atoms with Gasteiger partial charge in [-0.25, -0.2) is 0 Å². The van der Waals surface area contributed by atoms with Crippen molar-refractivity contribution in [2.75, 3.05) is 13.6 Å². The van der Waals surface area contributed by atoms with E-state index in [0.717, 1.165) is 6.04 Å². The van der Waals surface area contributed by atoms with Crippen molar-refractivity contribution in [1.82, 2.24) is 10.2 Å². The maximum atomic E-state index is 3.64. The first-order valence-electron chi connectivity index (χ1n) is 6.60. The van der Waals surface area contributed by atoms with Crippen LogP contribution in [0.3, 0.4) is 0 Å². The highest BCUT2D eigenvalue weighted by Gasteiger charge is 2.20. The number of hydrogen-bond acceptors (Lipinski definition) is 2. The molecule has 1 saturated heterocycles. The van der Waals surface area contributed by atoms with Gasteiger partial charge in [0.05, 0.1) is 0 Å². The van der Waals surface area contributed by atoms with Crippen LogP contribution in [-0.2, 0) is 0 Å². The third-order valence-corrected chi connectivity index (χ3v) is 4.02. The normalized spacial score (nSPS) is 26.6. The van der Waals surface area contributed by atoms with E-state index < -0.39 is 0 Å². The number of rotatable bonds is 5. The molecule has 0 aromatic heterocycles. The number of nitrogens with zero attached hydrogens (tertiary/aromatic N) is 1. The van der Waals surface area contributed by atoms with Gasteiger partial charge in [-0.2, -0.15) is 0 Å².